The number of hydrogen-bond acceptors (Lipinski definition) is 4. The molecule has 0 aliphatic carbocycles. The third-order valence-electron chi connectivity index (χ3n) is 4.66. The van der Waals surface area contributed by atoms with E-state index < -0.39 is 6.04 Å². The van der Waals surface area contributed by atoms with Crippen molar-refractivity contribution in [2.75, 3.05) is 19.8 Å². The summed E-state index contributed by atoms with van der Waals surface area (Å²) in [6.45, 7) is 5.80. The Balaban J connectivity index is 0.00000261. The normalized spacial score (nSPS) is 14.0. The van der Waals surface area contributed by atoms with Gasteiger partial charge in [-0.3, -0.25) is 4.79 Å². The van der Waals surface area contributed by atoms with Crippen LogP contribution in [0, 0.1) is 0 Å². The summed E-state index contributed by atoms with van der Waals surface area (Å²) in [5.74, 6) is 1.39. The summed E-state index contributed by atoms with van der Waals surface area (Å²) in [5.41, 5.74) is 7.95. The van der Waals surface area contributed by atoms with Gasteiger partial charge in [-0.25, -0.2) is 0 Å². The van der Waals surface area contributed by atoms with Crippen LogP contribution in [0.5, 0.6) is 11.5 Å². The molecule has 0 fully saturated rings. The Morgan fingerprint density at radius 3 is 2.48 bits per heavy atom. The van der Waals surface area contributed by atoms with Crippen molar-refractivity contribution < 1.29 is 14.3 Å². The fourth-order valence-corrected chi connectivity index (χ4v) is 2.97. The second-order valence-corrected chi connectivity index (χ2v) is 7.26. The summed E-state index contributed by atoms with van der Waals surface area (Å²) in [6, 6.07) is 15.2. The van der Waals surface area contributed by atoms with E-state index in [0.29, 0.717) is 26.2 Å². The average molecular weight is 391 g/mol. The standard InChI is InChI=1S/C21H26N2O3.ClH/c1-21(2,16-8-9-18-19(13-16)26-11-10-25-18)14-23-20(24)17(22)12-15-6-4-3-5-7-15;/h3-9,13,17H,10-12,14,22H2,1-2H3,(H,23,24);1H/t17-;/m0./s1. The van der Waals surface area contributed by atoms with Crippen LogP contribution < -0.4 is 20.5 Å². The van der Waals surface area contributed by atoms with Crippen LogP contribution in [0.25, 0.3) is 0 Å². The largest absolute Gasteiger partial charge is 0.486 e. The molecule has 27 heavy (non-hydrogen) atoms. The molecule has 2 aromatic carbocycles. The van der Waals surface area contributed by atoms with E-state index in [9.17, 15) is 4.79 Å². The second kappa shape index (κ2) is 9.11. The van der Waals surface area contributed by atoms with E-state index in [1.807, 2.05) is 48.5 Å². The summed E-state index contributed by atoms with van der Waals surface area (Å²) in [5, 5.41) is 2.99. The molecule has 1 heterocycles. The molecule has 0 unspecified atom stereocenters. The van der Waals surface area contributed by atoms with E-state index in [1.165, 1.54) is 0 Å². The van der Waals surface area contributed by atoms with E-state index in [4.69, 9.17) is 15.2 Å². The molecular formula is C21H27ClN2O3. The number of halogens is 1. The van der Waals surface area contributed by atoms with E-state index in [1.54, 1.807) is 0 Å². The van der Waals surface area contributed by atoms with Gasteiger partial charge in [0.1, 0.15) is 13.2 Å². The fourth-order valence-electron chi connectivity index (χ4n) is 2.97. The topological polar surface area (TPSA) is 73.6 Å². The van der Waals surface area contributed by atoms with Gasteiger partial charge in [0.15, 0.2) is 11.5 Å². The molecule has 0 aromatic heterocycles. The van der Waals surface area contributed by atoms with Gasteiger partial charge in [0.25, 0.3) is 0 Å². The lowest BCUT2D eigenvalue weighted by atomic mass is 9.84. The molecule has 0 saturated carbocycles. The van der Waals surface area contributed by atoms with Crippen LogP contribution in [0.1, 0.15) is 25.0 Å². The molecule has 3 N–H and O–H groups in total. The van der Waals surface area contributed by atoms with Crippen LogP contribution in [0.3, 0.4) is 0 Å². The third-order valence-corrected chi connectivity index (χ3v) is 4.66. The lowest BCUT2D eigenvalue weighted by Gasteiger charge is -2.28. The van der Waals surface area contributed by atoms with Crippen LogP contribution in [-0.2, 0) is 16.6 Å². The van der Waals surface area contributed by atoms with Crippen molar-refractivity contribution in [3.8, 4) is 11.5 Å². The molecule has 1 amide bonds. The monoisotopic (exact) mass is 390 g/mol. The summed E-state index contributed by atoms with van der Waals surface area (Å²) in [4.78, 5) is 12.4. The minimum absolute atomic E-state index is 0. The number of rotatable bonds is 6. The molecule has 2 aromatic rings. The highest BCUT2D eigenvalue weighted by Crippen LogP contribution is 2.34. The predicted octanol–water partition coefficient (Wildman–Crippen LogP) is 2.84. The smallest absolute Gasteiger partial charge is 0.237 e. The van der Waals surface area contributed by atoms with Crippen molar-refractivity contribution in [2.24, 2.45) is 5.73 Å². The van der Waals surface area contributed by atoms with E-state index >= 15 is 0 Å². The van der Waals surface area contributed by atoms with Gasteiger partial charge in [-0.1, -0.05) is 50.2 Å². The Morgan fingerprint density at radius 2 is 1.78 bits per heavy atom. The number of benzene rings is 2. The number of amides is 1. The molecule has 1 aliphatic heterocycles. The molecule has 1 aliphatic rings. The number of nitrogens with two attached hydrogens (primary N) is 1. The van der Waals surface area contributed by atoms with Gasteiger partial charge in [-0.05, 0) is 29.7 Å². The Morgan fingerprint density at radius 1 is 1.11 bits per heavy atom. The first kappa shape index (κ1) is 21.1. The first-order chi connectivity index (χ1) is 12.5. The molecule has 0 spiro atoms. The highest BCUT2D eigenvalue weighted by Gasteiger charge is 2.25. The molecule has 5 nitrogen and oxygen atoms in total. The molecule has 0 bridgehead atoms. The van der Waals surface area contributed by atoms with E-state index in [-0.39, 0.29) is 23.7 Å². The Bertz CT molecular complexity index is 765. The number of nitrogens with one attached hydrogen (secondary N) is 1. The third kappa shape index (κ3) is 5.37. The van der Waals surface area contributed by atoms with E-state index in [2.05, 4.69) is 19.2 Å². The van der Waals surface area contributed by atoms with Crippen LogP contribution in [0.2, 0.25) is 0 Å². The van der Waals surface area contributed by atoms with Crippen LogP contribution in [0.15, 0.2) is 48.5 Å². The van der Waals surface area contributed by atoms with Gasteiger partial charge in [-0.15, -0.1) is 12.4 Å². The zero-order valence-electron chi connectivity index (χ0n) is 15.7. The quantitative estimate of drug-likeness (QED) is 0.795. The molecule has 0 radical (unpaired) electrons. The van der Waals surface area contributed by atoms with Gasteiger partial charge in [0, 0.05) is 12.0 Å². The summed E-state index contributed by atoms with van der Waals surface area (Å²) >= 11 is 0. The molecular weight excluding hydrogens is 364 g/mol. The first-order valence-electron chi connectivity index (χ1n) is 8.93. The predicted molar refractivity (Wildman–Crippen MR) is 109 cm³/mol. The zero-order chi connectivity index (χ0) is 18.6. The second-order valence-electron chi connectivity index (χ2n) is 7.26. The maximum absolute atomic E-state index is 12.4. The van der Waals surface area contributed by atoms with E-state index in [0.717, 1.165) is 22.6 Å². The van der Waals surface area contributed by atoms with Gasteiger partial charge in [-0.2, -0.15) is 0 Å². The number of carbonyl (C=O) groups excluding carboxylic acids is 1. The Kier molecular flexibility index (Phi) is 7.11. The Hall–Kier alpha value is -2.24. The van der Waals surface area contributed by atoms with Crippen molar-refractivity contribution in [3.63, 3.8) is 0 Å². The summed E-state index contributed by atoms with van der Waals surface area (Å²) in [7, 11) is 0. The van der Waals surface area contributed by atoms with Gasteiger partial charge in [0.2, 0.25) is 5.91 Å². The van der Waals surface area contributed by atoms with Crippen molar-refractivity contribution in [2.45, 2.75) is 31.7 Å². The van der Waals surface area contributed by atoms with Crippen molar-refractivity contribution >= 4 is 18.3 Å². The lowest BCUT2D eigenvalue weighted by molar-refractivity contribution is -0.122. The van der Waals surface area contributed by atoms with Crippen molar-refractivity contribution in [1.29, 1.82) is 0 Å². The number of ether oxygens (including phenoxy) is 2. The number of fused-ring (bicyclic) bond motifs is 1. The molecule has 146 valence electrons. The van der Waals surface area contributed by atoms with Gasteiger partial charge < -0.3 is 20.5 Å². The van der Waals surface area contributed by atoms with Gasteiger partial charge in [0.05, 0.1) is 6.04 Å². The highest BCUT2D eigenvalue weighted by atomic mass is 35.5. The number of hydrogen-bond donors (Lipinski definition) is 2. The fraction of sp³-hybridized carbons (Fsp3) is 0.381. The summed E-state index contributed by atoms with van der Waals surface area (Å²) in [6.07, 6.45) is 0.525. The maximum atomic E-state index is 12.4. The van der Waals surface area contributed by atoms with Gasteiger partial charge >= 0.3 is 0 Å². The molecule has 1 atom stereocenters. The van der Waals surface area contributed by atoms with Crippen LogP contribution in [-0.4, -0.2) is 31.7 Å². The van der Waals surface area contributed by atoms with Crippen LogP contribution >= 0.6 is 12.4 Å². The lowest BCUT2D eigenvalue weighted by Crippen LogP contribution is -2.46. The molecule has 0 saturated heterocycles. The minimum atomic E-state index is -0.562. The van der Waals surface area contributed by atoms with Crippen molar-refractivity contribution in [1.82, 2.24) is 5.32 Å². The van der Waals surface area contributed by atoms with Crippen LogP contribution in [0.4, 0.5) is 0 Å². The number of carbonyl (C=O) groups is 1. The average Bonchev–Trinajstić information content (AvgIpc) is 2.66. The first-order valence-corrected chi connectivity index (χ1v) is 8.93. The SMILES string of the molecule is CC(C)(CNC(=O)[C@@H](N)Cc1ccccc1)c1ccc2c(c1)OCCO2.Cl. The molecule has 6 heteroatoms. The molecule has 3 rings (SSSR count). The van der Waals surface area contributed by atoms with Crippen molar-refractivity contribution in [3.05, 3.63) is 59.7 Å². The highest BCUT2D eigenvalue weighted by molar-refractivity contribution is 5.85. The summed E-state index contributed by atoms with van der Waals surface area (Å²) < 4.78 is 11.2. The maximum Gasteiger partial charge on any atom is 0.237 e. The minimum Gasteiger partial charge on any atom is -0.486 e. The zero-order valence-corrected chi connectivity index (χ0v) is 16.6. The Labute approximate surface area is 166 Å².